The fraction of sp³-hybridized carbons (Fsp3) is 0. The molecule has 6 heteroatoms. The van der Waals surface area contributed by atoms with Crippen LogP contribution >= 0.6 is 12.2 Å². The first-order valence-electron chi connectivity index (χ1n) is 3.88. The van der Waals surface area contributed by atoms with E-state index in [2.05, 4.69) is 20.2 Å². The van der Waals surface area contributed by atoms with Gasteiger partial charge in [-0.1, -0.05) is 18.3 Å². The Morgan fingerprint density at radius 3 is 2.79 bits per heavy atom. The summed E-state index contributed by atoms with van der Waals surface area (Å²) in [6.45, 7) is 0. The van der Waals surface area contributed by atoms with Gasteiger partial charge in [-0.25, -0.2) is 4.98 Å². The Morgan fingerprint density at radius 2 is 2.14 bits per heavy atom. The zero-order chi connectivity index (χ0) is 9.97. The van der Waals surface area contributed by atoms with Crippen molar-refractivity contribution in [2.75, 3.05) is 0 Å². The second kappa shape index (κ2) is 3.51. The van der Waals surface area contributed by atoms with Gasteiger partial charge in [-0.05, 0) is 12.1 Å². The third-order valence-corrected chi connectivity index (χ3v) is 1.89. The molecule has 70 valence electrons. The van der Waals surface area contributed by atoms with Crippen LogP contribution < -0.4 is 5.56 Å². The van der Waals surface area contributed by atoms with Crippen LogP contribution in [0, 0.1) is 4.64 Å². The minimum atomic E-state index is -0.403. The van der Waals surface area contributed by atoms with Crippen molar-refractivity contribution in [3.8, 4) is 11.5 Å². The maximum Gasteiger partial charge on any atom is 0.299 e. The van der Waals surface area contributed by atoms with Crippen molar-refractivity contribution in [1.29, 1.82) is 0 Å². The molecule has 2 aromatic heterocycles. The highest BCUT2D eigenvalue weighted by atomic mass is 32.1. The summed E-state index contributed by atoms with van der Waals surface area (Å²) in [6.07, 6.45) is 1.64. The van der Waals surface area contributed by atoms with Crippen molar-refractivity contribution in [2.45, 2.75) is 0 Å². The highest BCUT2D eigenvalue weighted by Gasteiger charge is 2.00. The van der Waals surface area contributed by atoms with Gasteiger partial charge in [0.15, 0.2) is 10.5 Å². The van der Waals surface area contributed by atoms with Gasteiger partial charge in [0, 0.05) is 6.20 Å². The minimum Gasteiger partial charge on any atom is -0.280 e. The number of nitrogens with zero attached hydrogens (tertiary/aromatic N) is 2. The molecule has 0 atom stereocenters. The largest absolute Gasteiger partial charge is 0.299 e. The van der Waals surface area contributed by atoms with Crippen LogP contribution in [0.1, 0.15) is 0 Å². The van der Waals surface area contributed by atoms with Crippen molar-refractivity contribution in [2.24, 2.45) is 0 Å². The summed E-state index contributed by atoms with van der Waals surface area (Å²) >= 11 is 4.74. The zero-order valence-electron chi connectivity index (χ0n) is 7.02. The monoisotopic (exact) mass is 206 g/mol. The van der Waals surface area contributed by atoms with Crippen LogP contribution in [0.4, 0.5) is 0 Å². The van der Waals surface area contributed by atoms with Gasteiger partial charge in [0.05, 0.1) is 0 Å². The lowest BCUT2D eigenvalue weighted by atomic mass is 10.3. The number of rotatable bonds is 1. The Hall–Kier alpha value is -1.82. The highest BCUT2D eigenvalue weighted by Crippen LogP contribution is 2.06. The smallest absolute Gasteiger partial charge is 0.280 e. The average molecular weight is 206 g/mol. The van der Waals surface area contributed by atoms with Crippen LogP contribution in [-0.4, -0.2) is 20.2 Å². The molecule has 2 heterocycles. The van der Waals surface area contributed by atoms with E-state index in [0.29, 0.717) is 11.5 Å². The molecule has 14 heavy (non-hydrogen) atoms. The van der Waals surface area contributed by atoms with Crippen LogP contribution in [0.2, 0.25) is 0 Å². The summed E-state index contributed by atoms with van der Waals surface area (Å²) in [6, 6.07) is 5.39. The molecule has 0 saturated heterocycles. The van der Waals surface area contributed by atoms with Gasteiger partial charge >= 0.3 is 0 Å². The van der Waals surface area contributed by atoms with Crippen LogP contribution in [0.3, 0.4) is 0 Å². The van der Waals surface area contributed by atoms with Gasteiger partial charge in [0.1, 0.15) is 5.69 Å². The molecule has 0 aliphatic carbocycles. The lowest BCUT2D eigenvalue weighted by molar-refractivity contribution is 0.924. The fourth-order valence-corrected chi connectivity index (χ4v) is 1.12. The molecule has 0 bridgehead atoms. The van der Waals surface area contributed by atoms with Gasteiger partial charge in [-0.15, -0.1) is 0 Å². The summed E-state index contributed by atoms with van der Waals surface area (Å²) in [5.41, 5.74) is 0.231. The molecule has 5 nitrogen and oxygen atoms in total. The third kappa shape index (κ3) is 1.60. The van der Waals surface area contributed by atoms with E-state index in [0.717, 1.165) is 0 Å². The van der Waals surface area contributed by atoms with E-state index in [1.807, 2.05) is 6.07 Å². The minimum absolute atomic E-state index is 0.00408. The van der Waals surface area contributed by atoms with Crippen molar-refractivity contribution in [3.63, 3.8) is 0 Å². The van der Waals surface area contributed by atoms with E-state index >= 15 is 0 Å². The van der Waals surface area contributed by atoms with Gasteiger partial charge in [-0.3, -0.25) is 20.0 Å². The second-order valence-corrected chi connectivity index (χ2v) is 2.95. The van der Waals surface area contributed by atoms with Crippen molar-refractivity contribution in [3.05, 3.63) is 39.4 Å². The molecular weight excluding hydrogens is 200 g/mol. The Bertz CT molecular complexity index is 545. The quantitative estimate of drug-likeness (QED) is 0.679. The molecule has 0 aromatic carbocycles. The first-order valence-corrected chi connectivity index (χ1v) is 4.28. The first kappa shape index (κ1) is 8.76. The summed E-state index contributed by atoms with van der Waals surface area (Å²) < 4.78 is 0.00408. The summed E-state index contributed by atoms with van der Waals surface area (Å²) in [4.78, 5) is 18.9. The van der Waals surface area contributed by atoms with Crippen molar-refractivity contribution < 1.29 is 0 Å². The number of H-pyrrole nitrogens is 2. The first-order chi connectivity index (χ1) is 6.77. The normalized spacial score (nSPS) is 10.0. The Balaban J connectivity index is 2.59. The number of aromatic amines is 2. The fourth-order valence-electron chi connectivity index (χ4n) is 0.974. The highest BCUT2D eigenvalue weighted by molar-refractivity contribution is 7.71. The van der Waals surface area contributed by atoms with Gasteiger partial charge < -0.3 is 0 Å². The second-order valence-electron chi connectivity index (χ2n) is 2.56. The molecule has 0 unspecified atom stereocenters. The maximum atomic E-state index is 10.9. The molecular formula is C8H6N4OS. The van der Waals surface area contributed by atoms with Crippen LogP contribution in [0.15, 0.2) is 29.2 Å². The summed E-state index contributed by atoms with van der Waals surface area (Å²) in [7, 11) is 0. The van der Waals surface area contributed by atoms with Gasteiger partial charge in [-0.2, -0.15) is 0 Å². The number of nitrogens with one attached hydrogen (secondary N) is 2. The Labute approximate surface area is 83.9 Å². The number of pyridine rings is 1. The molecule has 2 rings (SSSR count). The number of hydrogen-bond acceptors (Lipinski definition) is 4. The summed E-state index contributed by atoms with van der Waals surface area (Å²) in [5, 5.41) is 5.00. The van der Waals surface area contributed by atoms with E-state index in [-0.39, 0.29) is 4.64 Å². The van der Waals surface area contributed by atoms with E-state index < -0.39 is 5.56 Å². The predicted molar refractivity (Wildman–Crippen MR) is 53.3 cm³/mol. The van der Waals surface area contributed by atoms with Crippen molar-refractivity contribution in [1.82, 2.24) is 20.2 Å². The number of hydrogen-bond donors (Lipinski definition) is 2. The Kier molecular flexibility index (Phi) is 2.19. The molecule has 0 radical (unpaired) electrons. The topological polar surface area (TPSA) is 74.4 Å². The molecule has 2 aromatic rings. The average Bonchev–Trinajstić information content (AvgIpc) is 2.23. The van der Waals surface area contributed by atoms with E-state index in [4.69, 9.17) is 12.2 Å². The standard InChI is InChI=1S/C8H6N4OS/c13-7-8(14)10-6(11-12-7)5-3-1-2-4-9-5/h1-4H,(H,12,13)(H,10,11,14). The zero-order valence-corrected chi connectivity index (χ0v) is 7.84. The van der Waals surface area contributed by atoms with Gasteiger partial charge in [0.2, 0.25) is 0 Å². The molecule has 2 N–H and O–H groups in total. The molecule has 0 saturated carbocycles. The van der Waals surface area contributed by atoms with E-state index in [1.54, 1.807) is 18.3 Å². The lowest BCUT2D eigenvalue weighted by Gasteiger charge is -1.97. The third-order valence-electron chi connectivity index (χ3n) is 1.61. The lowest BCUT2D eigenvalue weighted by Crippen LogP contribution is -2.11. The van der Waals surface area contributed by atoms with Gasteiger partial charge in [0.25, 0.3) is 5.56 Å². The Morgan fingerprint density at radius 1 is 1.29 bits per heavy atom. The van der Waals surface area contributed by atoms with Crippen LogP contribution in [0.5, 0.6) is 0 Å². The molecule has 0 aliphatic rings. The van der Waals surface area contributed by atoms with E-state index in [9.17, 15) is 4.79 Å². The van der Waals surface area contributed by atoms with E-state index in [1.165, 1.54) is 0 Å². The molecule has 0 aliphatic heterocycles. The van der Waals surface area contributed by atoms with Crippen molar-refractivity contribution >= 4 is 12.2 Å². The number of aromatic nitrogens is 4. The predicted octanol–water partition coefficient (Wildman–Crippen LogP) is 0.889. The van der Waals surface area contributed by atoms with Crippen LogP contribution in [-0.2, 0) is 0 Å². The summed E-state index contributed by atoms with van der Waals surface area (Å²) in [5.74, 6) is 0.454. The molecule has 0 fully saturated rings. The SMILES string of the molecule is O=c1[nH][nH]c(-c2ccccn2)nc1=S. The maximum absolute atomic E-state index is 10.9. The molecule has 0 spiro atoms. The molecule has 0 amide bonds. The van der Waals surface area contributed by atoms with Crippen LogP contribution in [0.25, 0.3) is 11.5 Å².